The third-order valence-corrected chi connectivity index (χ3v) is 16.5. The van der Waals surface area contributed by atoms with Crippen molar-refractivity contribution in [1.82, 2.24) is 0 Å². The van der Waals surface area contributed by atoms with Crippen molar-refractivity contribution in [3.63, 3.8) is 0 Å². The largest absolute Gasteiger partial charge is 0.462 e. The van der Waals surface area contributed by atoms with Gasteiger partial charge >= 0.3 is 17.9 Å². The van der Waals surface area contributed by atoms with E-state index in [4.69, 9.17) is 14.2 Å². The second-order valence-corrected chi connectivity index (χ2v) is 24.5. The number of hydrogen-bond acceptors (Lipinski definition) is 6. The van der Waals surface area contributed by atoms with E-state index in [1.165, 1.54) is 315 Å². The fourth-order valence-corrected chi connectivity index (χ4v) is 11.2. The summed E-state index contributed by atoms with van der Waals surface area (Å²) in [5, 5.41) is 0. The first-order valence-corrected chi connectivity index (χ1v) is 35.7. The zero-order valence-electron chi connectivity index (χ0n) is 53.2. The van der Waals surface area contributed by atoms with Gasteiger partial charge in [0, 0.05) is 19.3 Å². The van der Waals surface area contributed by atoms with Gasteiger partial charge < -0.3 is 14.2 Å². The predicted octanol–water partition coefficient (Wildman–Crippen LogP) is 24.4. The second kappa shape index (κ2) is 67.7. The molecular formula is C72H138O6. The van der Waals surface area contributed by atoms with E-state index in [0.29, 0.717) is 19.3 Å². The number of allylic oxidation sites excluding steroid dienone is 2. The first-order chi connectivity index (χ1) is 38.5. The Morgan fingerprint density at radius 3 is 0.641 bits per heavy atom. The highest BCUT2D eigenvalue weighted by molar-refractivity contribution is 5.71. The summed E-state index contributed by atoms with van der Waals surface area (Å²) < 4.78 is 17.0. The molecule has 0 aromatic heterocycles. The Kier molecular flexibility index (Phi) is 66.0. The van der Waals surface area contributed by atoms with Gasteiger partial charge in [0.1, 0.15) is 13.2 Å². The van der Waals surface area contributed by atoms with Crippen LogP contribution in [0.5, 0.6) is 0 Å². The van der Waals surface area contributed by atoms with Crippen LogP contribution in [0.2, 0.25) is 0 Å². The molecule has 462 valence electrons. The van der Waals surface area contributed by atoms with Crippen molar-refractivity contribution in [2.75, 3.05) is 13.2 Å². The van der Waals surface area contributed by atoms with E-state index in [1.807, 2.05) is 0 Å². The molecule has 78 heavy (non-hydrogen) atoms. The monoisotopic (exact) mass is 1100 g/mol. The number of carbonyl (C=O) groups excluding carboxylic acids is 3. The van der Waals surface area contributed by atoms with Crippen LogP contribution in [0.1, 0.15) is 412 Å². The molecule has 0 amide bonds. The van der Waals surface area contributed by atoms with Crippen LogP contribution in [-0.4, -0.2) is 37.2 Å². The molecule has 0 aliphatic carbocycles. The quantitative estimate of drug-likeness (QED) is 0.0261. The van der Waals surface area contributed by atoms with Gasteiger partial charge in [-0.25, -0.2) is 0 Å². The number of unbranched alkanes of at least 4 members (excludes halogenated alkanes) is 54. The van der Waals surface area contributed by atoms with Gasteiger partial charge in [0.25, 0.3) is 0 Å². The molecule has 1 atom stereocenters. The smallest absolute Gasteiger partial charge is 0.306 e. The lowest BCUT2D eigenvalue weighted by molar-refractivity contribution is -0.167. The average molecular weight is 1100 g/mol. The van der Waals surface area contributed by atoms with Crippen molar-refractivity contribution in [2.24, 2.45) is 0 Å². The van der Waals surface area contributed by atoms with Crippen molar-refractivity contribution in [3.05, 3.63) is 12.2 Å². The Morgan fingerprint density at radius 2 is 0.423 bits per heavy atom. The lowest BCUT2D eigenvalue weighted by Gasteiger charge is -2.18. The first kappa shape index (κ1) is 76.1. The third kappa shape index (κ3) is 65.0. The Morgan fingerprint density at radius 1 is 0.244 bits per heavy atom. The maximum absolute atomic E-state index is 12.9. The molecular weight excluding hydrogens is 961 g/mol. The van der Waals surface area contributed by atoms with Crippen molar-refractivity contribution >= 4 is 17.9 Å². The van der Waals surface area contributed by atoms with Crippen LogP contribution in [-0.2, 0) is 28.6 Å². The van der Waals surface area contributed by atoms with Gasteiger partial charge in [0.2, 0.25) is 0 Å². The van der Waals surface area contributed by atoms with Crippen LogP contribution in [0.4, 0.5) is 0 Å². The molecule has 0 saturated carbocycles. The predicted molar refractivity (Wildman–Crippen MR) is 340 cm³/mol. The minimum atomic E-state index is -0.767. The summed E-state index contributed by atoms with van der Waals surface area (Å²) >= 11 is 0. The zero-order chi connectivity index (χ0) is 56.4. The molecule has 6 nitrogen and oxygen atoms in total. The van der Waals surface area contributed by atoms with Crippen LogP contribution < -0.4 is 0 Å². The fraction of sp³-hybridized carbons (Fsp3) is 0.931. The van der Waals surface area contributed by atoms with E-state index < -0.39 is 6.10 Å². The van der Waals surface area contributed by atoms with E-state index in [1.54, 1.807) is 0 Å². The zero-order valence-corrected chi connectivity index (χ0v) is 53.2. The normalized spacial score (nSPS) is 12.0. The molecule has 0 N–H and O–H groups in total. The molecule has 0 bridgehead atoms. The number of rotatable bonds is 67. The van der Waals surface area contributed by atoms with Gasteiger partial charge in [-0.05, 0) is 44.9 Å². The Balaban J connectivity index is 4.22. The highest BCUT2D eigenvalue weighted by Crippen LogP contribution is 2.19. The summed E-state index contributed by atoms with van der Waals surface area (Å²) in [5.41, 5.74) is 0. The van der Waals surface area contributed by atoms with Crippen LogP contribution in [0.15, 0.2) is 12.2 Å². The van der Waals surface area contributed by atoms with Crippen molar-refractivity contribution in [1.29, 1.82) is 0 Å². The van der Waals surface area contributed by atoms with Crippen molar-refractivity contribution < 1.29 is 28.6 Å². The summed E-state index contributed by atoms with van der Waals surface area (Å²) in [5.74, 6) is -0.830. The molecule has 0 aromatic carbocycles. The van der Waals surface area contributed by atoms with Crippen LogP contribution in [0.25, 0.3) is 0 Å². The van der Waals surface area contributed by atoms with E-state index in [9.17, 15) is 14.4 Å². The number of esters is 3. The topological polar surface area (TPSA) is 78.9 Å². The van der Waals surface area contributed by atoms with Gasteiger partial charge in [-0.1, -0.05) is 360 Å². The molecule has 0 aromatic rings. The molecule has 0 saturated heterocycles. The summed E-state index contributed by atoms with van der Waals surface area (Å²) in [6.45, 7) is 6.73. The fourth-order valence-electron chi connectivity index (χ4n) is 11.2. The standard InChI is InChI=1S/C72H138O6/c1-4-7-10-13-16-19-22-25-28-30-32-34-35-36-37-39-40-42-44-47-50-53-56-59-62-65-71(74)77-68-69(67-76-70(73)64-61-58-55-52-49-46-27-24-21-18-15-12-9-6-3)78-72(75)66-63-60-57-54-51-48-45-43-41-38-33-31-29-26-23-20-17-14-11-8-5-2/h31,33,69H,4-30,32,34-68H2,1-3H3/b33-31-. The van der Waals surface area contributed by atoms with Crippen LogP contribution in [0.3, 0.4) is 0 Å². The van der Waals surface area contributed by atoms with Crippen molar-refractivity contribution in [2.45, 2.75) is 419 Å². The lowest BCUT2D eigenvalue weighted by Crippen LogP contribution is -2.30. The molecule has 0 radical (unpaired) electrons. The minimum Gasteiger partial charge on any atom is -0.462 e. The summed E-state index contributed by atoms with van der Waals surface area (Å²) in [6, 6.07) is 0. The third-order valence-electron chi connectivity index (χ3n) is 16.5. The highest BCUT2D eigenvalue weighted by Gasteiger charge is 2.19. The van der Waals surface area contributed by atoms with Crippen molar-refractivity contribution in [3.8, 4) is 0 Å². The second-order valence-electron chi connectivity index (χ2n) is 24.5. The van der Waals surface area contributed by atoms with Crippen LogP contribution in [0, 0.1) is 0 Å². The van der Waals surface area contributed by atoms with E-state index in [-0.39, 0.29) is 31.1 Å². The molecule has 0 rings (SSSR count). The summed E-state index contributed by atoms with van der Waals surface area (Å²) in [4.78, 5) is 38.4. The molecule has 6 heteroatoms. The number of hydrogen-bond donors (Lipinski definition) is 0. The van der Waals surface area contributed by atoms with E-state index in [2.05, 4.69) is 32.9 Å². The van der Waals surface area contributed by atoms with E-state index >= 15 is 0 Å². The van der Waals surface area contributed by atoms with Gasteiger partial charge in [-0.15, -0.1) is 0 Å². The number of ether oxygens (including phenoxy) is 3. The van der Waals surface area contributed by atoms with Gasteiger partial charge in [-0.3, -0.25) is 14.4 Å². The maximum Gasteiger partial charge on any atom is 0.306 e. The molecule has 0 heterocycles. The molecule has 0 aliphatic heterocycles. The molecule has 0 spiro atoms. The van der Waals surface area contributed by atoms with E-state index in [0.717, 1.165) is 57.8 Å². The van der Waals surface area contributed by atoms with Gasteiger partial charge in [-0.2, -0.15) is 0 Å². The minimum absolute atomic E-state index is 0.0637. The lowest BCUT2D eigenvalue weighted by atomic mass is 10.0. The first-order valence-electron chi connectivity index (χ1n) is 35.7. The van der Waals surface area contributed by atoms with Crippen LogP contribution >= 0.6 is 0 Å². The Hall–Kier alpha value is -1.85. The summed E-state index contributed by atoms with van der Waals surface area (Å²) in [7, 11) is 0. The average Bonchev–Trinajstić information content (AvgIpc) is 3.44. The molecule has 1 unspecified atom stereocenters. The Bertz CT molecular complexity index is 1210. The maximum atomic E-state index is 12.9. The SMILES string of the molecule is CCCCCCCCCC/C=C\CCCCCCCCCCCC(=O)OC(COC(=O)CCCCCCCCCCCCCCCC)COC(=O)CCCCCCCCCCCCCCCCCCCCCCCCCCC. The Labute approximate surface area is 488 Å². The highest BCUT2D eigenvalue weighted by atomic mass is 16.6. The summed E-state index contributed by atoms with van der Waals surface area (Å²) in [6.07, 6.45) is 81.0. The molecule has 0 fully saturated rings. The number of carbonyl (C=O) groups is 3. The molecule has 0 aliphatic rings. The van der Waals surface area contributed by atoms with Gasteiger partial charge in [0.05, 0.1) is 0 Å². The van der Waals surface area contributed by atoms with Gasteiger partial charge in [0.15, 0.2) is 6.10 Å².